The minimum absolute atomic E-state index is 0.354. The molecule has 0 spiro atoms. The summed E-state index contributed by atoms with van der Waals surface area (Å²) in [4.78, 5) is 41.0. The number of methoxy groups -OCH3 is 9. The molecular formula is C72H63N9O12S3. The summed E-state index contributed by atoms with van der Waals surface area (Å²) in [5.74, 6) is 2.90. The predicted octanol–water partition coefficient (Wildman–Crippen LogP) is 14.7. The molecule has 0 aliphatic carbocycles. The Morgan fingerprint density at radius 1 is 0.323 bits per heavy atom. The maximum Gasteiger partial charge on any atom is 0.337 e. The van der Waals surface area contributed by atoms with Gasteiger partial charge in [0.1, 0.15) is 63.0 Å². The van der Waals surface area contributed by atoms with E-state index in [1.807, 2.05) is 176 Å². The highest BCUT2D eigenvalue weighted by atomic mass is 32.2. The summed E-state index contributed by atoms with van der Waals surface area (Å²) in [6.07, 6.45) is 5.57. The van der Waals surface area contributed by atoms with Gasteiger partial charge in [0.25, 0.3) is 0 Å². The van der Waals surface area contributed by atoms with Crippen molar-refractivity contribution in [2.75, 3.05) is 64.0 Å². The zero-order valence-corrected chi connectivity index (χ0v) is 55.9. The highest BCUT2D eigenvalue weighted by molar-refractivity contribution is 8.00. The van der Waals surface area contributed by atoms with Crippen LogP contribution in [0.25, 0.3) is 50.8 Å². The van der Waals surface area contributed by atoms with Crippen LogP contribution in [0.15, 0.2) is 248 Å². The second kappa shape index (κ2) is 32.5. The van der Waals surface area contributed by atoms with Crippen LogP contribution < -0.4 is 28.4 Å². The molecule has 21 nitrogen and oxygen atoms in total. The second-order valence-electron chi connectivity index (χ2n) is 20.1. The number of carbonyl (C=O) groups is 3. The van der Waals surface area contributed by atoms with Gasteiger partial charge in [-0.15, -0.1) is 15.3 Å². The number of hydrogen-bond acceptors (Lipinski definition) is 21. The van der Waals surface area contributed by atoms with Crippen molar-refractivity contribution in [2.45, 2.75) is 29.4 Å². The van der Waals surface area contributed by atoms with E-state index in [-0.39, 0.29) is 17.9 Å². The second-order valence-corrected chi connectivity index (χ2v) is 23.4. The van der Waals surface area contributed by atoms with Crippen molar-refractivity contribution in [2.24, 2.45) is 0 Å². The van der Waals surface area contributed by atoms with Crippen molar-refractivity contribution >= 4 is 53.2 Å². The molecule has 0 saturated heterocycles. The maximum absolute atomic E-state index is 11.7. The number of carbonyl (C=O) groups excluding carboxylic acids is 3. The number of rotatable bonds is 21. The fraction of sp³-hybridized carbons (Fsp3) is 0.125. The molecule has 9 aromatic carbocycles. The number of esters is 3. The molecule has 0 fully saturated rings. The lowest BCUT2D eigenvalue weighted by Crippen LogP contribution is -2.01. The van der Waals surface area contributed by atoms with Crippen LogP contribution in [0.4, 0.5) is 0 Å². The van der Waals surface area contributed by atoms with Gasteiger partial charge in [0.15, 0.2) is 5.69 Å². The summed E-state index contributed by atoms with van der Waals surface area (Å²) >= 11 is 4.75. The minimum atomic E-state index is -0.356. The Kier molecular flexibility index (Phi) is 22.9. The number of ether oxygens (including phenoxy) is 9. The predicted molar refractivity (Wildman–Crippen MR) is 365 cm³/mol. The SMILES string of the molecule is COC(=O)c1ccc(Sc2ccccc2-c2cn(-c3c(OC)cccc3OC)nn2)cc1.COC(=O)c1ccc(Sc2ccccc2-c2cn(-c3cc(OC)ccc3OC)nn2)cc1.COC(=O)c1ccc(Sc2ccccc2-c2cn(-c3ccc(OC)cc3OC)nn2)cc1. The van der Waals surface area contributed by atoms with E-state index in [4.69, 9.17) is 42.6 Å². The molecule has 0 atom stereocenters. The summed E-state index contributed by atoms with van der Waals surface area (Å²) in [7, 11) is 13.8. The van der Waals surface area contributed by atoms with Gasteiger partial charge < -0.3 is 42.6 Å². The van der Waals surface area contributed by atoms with Crippen LogP contribution in [0.2, 0.25) is 0 Å². The first-order chi connectivity index (χ1) is 46.9. The van der Waals surface area contributed by atoms with Gasteiger partial charge in [0, 0.05) is 58.2 Å². The first-order valence-corrected chi connectivity index (χ1v) is 31.6. The number of para-hydroxylation sites is 1. The molecule has 0 unspecified atom stereocenters. The number of nitrogens with zero attached hydrogens (tertiary/aromatic N) is 9. The van der Waals surface area contributed by atoms with E-state index in [0.29, 0.717) is 62.6 Å². The monoisotopic (exact) mass is 1340 g/mol. The molecule has 0 saturated carbocycles. The molecule has 3 heterocycles. The smallest absolute Gasteiger partial charge is 0.337 e. The first kappa shape index (κ1) is 67.5. The van der Waals surface area contributed by atoms with E-state index >= 15 is 0 Å². The van der Waals surface area contributed by atoms with Crippen molar-refractivity contribution in [1.82, 2.24) is 45.0 Å². The molecule has 0 bridgehead atoms. The molecule has 0 amide bonds. The van der Waals surface area contributed by atoms with E-state index in [2.05, 4.69) is 30.9 Å². The Morgan fingerprint density at radius 2 is 0.677 bits per heavy atom. The van der Waals surface area contributed by atoms with Crippen molar-refractivity contribution < 1.29 is 57.0 Å². The Hall–Kier alpha value is -11.3. The van der Waals surface area contributed by atoms with Gasteiger partial charge >= 0.3 is 17.9 Å². The topological polar surface area (TPSA) is 226 Å². The molecule has 486 valence electrons. The summed E-state index contributed by atoms with van der Waals surface area (Å²) in [5.41, 5.74) is 8.73. The molecular weight excluding hydrogens is 1280 g/mol. The van der Waals surface area contributed by atoms with Crippen molar-refractivity contribution in [3.63, 3.8) is 0 Å². The van der Waals surface area contributed by atoms with Crippen LogP contribution in [0, 0.1) is 0 Å². The Morgan fingerprint density at radius 3 is 1.06 bits per heavy atom. The molecule has 0 N–H and O–H groups in total. The van der Waals surface area contributed by atoms with Gasteiger partial charge in [-0.25, -0.2) is 28.4 Å². The fourth-order valence-corrected chi connectivity index (χ4v) is 12.4. The van der Waals surface area contributed by atoms with Crippen LogP contribution in [-0.4, -0.2) is 127 Å². The third kappa shape index (κ3) is 16.2. The van der Waals surface area contributed by atoms with E-state index < -0.39 is 0 Å². The van der Waals surface area contributed by atoms with Crippen LogP contribution >= 0.6 is 35.3 Å². The van der Waals surface area contributed by atoms with Gasteiger partial charge in [-0.05, 0) is 127 Å². The highest BCUT2D eigenvalue weighted by Crippen LogP contribution is 2.40. The average Bonchev–Trinajstić information content (AvgIpc) is 1.66. The Labute approximate surface area is 566 Å². The molecule has 0 aliphatic heterocycles. The van der Waals surface area contributed by atoms with Crippen LogP contribution in [0.5, 0.6) is 34.5 Å². The van der Waals surface area contributed by atoms with Gasteiger partial charge in [0.05, 0.1) is 99.3 Å². The molecule has 24 heteroatoms. The zero-order valence-electron chi connectivity index (χ0n) is 53.4. The van der Waals surface area contributed by atoms with E-state index in [0.717, 1.165) is 68.8 Å². The van der Waals surface area contributed by atoms with E-state index in [9.17, 15) is 14.4 Å². The molecule has 0 radical (unpaired) electrons. The molecule has 96 heavy (non-hydrogen) atoms. The standard InChI is InChI=1S/3C24H21N3O4S/c1-29-20-8-6-9-21(30-2)23(20)27-15-19(25-26-27)18-7-4-5-10-22(18)32-17-13-11-16(12-14-17)24(28)31-3;1-29-17-10-13-22(30-2)21(14-17)27-15-20(25-26-27)19-6-4-5-7-23(19)32-18-11-8-16(9-12-18)24(28)31-3;1-29-17-10-13-21(22(14-17)30-2)27-15-20(25-26-27)19-6-4-5-7-23(19)32-18-11-8-16(9-12-18)24(28)31-3/h3*4-15H,1-3H3. The maximum atomic E-state index is 11.7. The van der Waals surface area contributed by atoms with Gasteiger partial charge in [-0.3, -0.25) is 0 Å². The lowest BCUT2D eigenvalue weighted by Gasteiger charge is -2.12. The van der Waals surface area contributed by atoms with Crippen LogP contribution in [0.1, 0.15) is 31.1 Å². The third-order valence-electron chi connectivity index (χ3n) is 14.4. The first-order valence-electron chi connectivity index (χ1n) is 29.2. The zero-order chi connectivity index (χ0) is 67.5. The fourth-order valence-electron chi connectivity index (χ4n) is 9.53. The average molecular weight is 1340 g/mol. The van der Waals surface area contributed by atoms with Crippen molar-refractivity contribution in [3.05, 3.63) is 235 Å². The normalized spacial score (nSPS) is 10.6. The van der Waals surface area contributed by atoms with Gasteiger partial charge in [-0.2, -0.15) is 0 Å². The van der Waals surface area contributed by atoms with Crippen LogP contribution in [0.3, 0.4) is 0 Å². The number of aromatic nitrogens is 9. The lowest BCUT2D eigenvalue weighted by atomic mass is 10.2. The van der Waals surface area contributed by atoms with Crippen molar-refractivity contribution in [1.29, 1.82) is 0 Å². The van der Waals surface area contributed by atoms with Crippen LogP contribution in [-0.2, 0) is 14.2 Å². The molecule has 3 aromatic heterocycles. The quantitative estimate of drug-likeness (QED) is 0.0481. The highest BCUT2D eigenvalue weighted by Gasteiger charge is 2.20. The Balaban J connectivity index is 0.000000157. The molecule has 12 aromatic rings. The van der Waals surface area contributed by atoms with E-state index in [1.54, 1.807) is 134 Å². The Bertz CT molecular complexity index is 4620. The summed E-state index contributed by atoms with van der Waals surface area (Å²) in [6, 6.07) is 62.4. The summed E-state index contributed by atoms with van der Waals surface area (Å²) < 4.78 is 51.8. The lowest BCUT2D eigenvalue weighted by molar-refractivity contribution is 0.0592. The van der Waals surface area contributed by atoms with Crippen molar-refractivity contribution in [3.8, 4) is 85.3 Å². The van der Waals surface area contributed by atoms with Gasteiger partial charge in [-0.1, -0.05) is 112 Å². The third-order valence-corrected chi connectivity index (χ3v) is 17.6. The van der Waals surface area contributed by atoms with E-state index in [1.165, 1.54) is 21.3 Å². The number of hydrogen-bond donors (Lipinski definition) is 0. The largest absolute Gasteiger partial charge is 0.497 e. The molecule has 0 aliphatic rings. The minimum Gasteiger partial charge on any atom is -0.497 e. The molecule has 12 rings (SSSR count). The summed E-state index contributed by atoms with van der Waals surface area (Å²) in [6.45, 7) is 0. The van der Waals surface area contributed by atoms with Gasteiger partial charge in [0.2, 0.25) is 0 Å². The number of benzene rings is 9. The summed E-state index contributed by atoms with van der Waals surface area (Å²) in [5, 5.41) is 26.1.